The molecular formula is C10H13ClNO5P. The second kappa shape index (κ2) is 6.73. The Morgan fingerprint density at radius 1 is 1.44 bits per heavy atom. The molecule has 1 unspecified atom stereocenters. The van der Waals surface area contributed by atoms with Crippen LogP contribution in [0.3, 0.4) is 0 Å². The minimum absolute atomic E-state index is 0.00551. The van der Waals surface area contributed by atoms with E-state index in [4.69, 9.17) is 20.6 Å². The van der Waals surface area contributed by atoms with Gasteiger partial charge in [0.2, 0.25) is 5.75 Å². The maximum Gasteiger partial charge on any atom is 0.380 e. The second-order valence-corrected chi connectivity index (χ2v) is 5.75. The number of hydrogen-bond donors (Lipinski definition) is 0. The summed E-state index contributed by atoms with van der Waals surface area (Å²) in [5.74, 6) is 0.00200. The Morgan fingerprint density at radius 3 is 2.67 bits per heavy atom. The summed E-state index contributed by atoms with van der Waals surface area (Å²) in [6.07, 6.45) is -0.00551. The molecule has 0 bridgehead atoms. The first-order chi connectivity index (χ1) is 8.52. The third kappa shape index (κ3) is 3.98. The van der Waals surface area contributed by atoms with Crippen LogP contribution in [-0.2, 0) is 9.09 Å². The van der Waals surface area contributed by atoms with E-state index in [9.17, 15) is 14.7 Å². The quantitative estimate of drug-likeness (QED) is 0.333. The lowest BCUT2D eigenvalue weighted by Crippen LogP contribution is -2.05. The van der Waals surface area contributed by atoms with Gasteiger partial charge in [-0.15, -0.1) is 11.6 Å². The van der Waals surface area contributed by atoms with Gasteiger partial charge >= 0.3 is 13.3 Å². The van der Waals surface area contributed by atoms with Crippen LogP contribution in [0.4, 0.5) is 5.69 Å². The summed E-state index contributed by atoms with van der Waals surface area (Å²) in [6, 6.07) is 5.70. The van der Waals surface area contributed by atoms with Crippen molar-refractivity contribution < 1.29 is 18.5 Å². The third-order valence-corrected chi connectivity index (χ3v) is 4.33. The maximum atomic E-state index is 12.2. The number of hydrogen-bond acceptors (Lipinski definition) is 5. The SMILES string of the molecule is CCOP(=O)(CCCl)Oc1ccccc1[N+](=O)[O-]. The molecule has 1 rings (SSSR count). The lowest BCUT2D eigenvalue weighted by molar-refractivity contribution is -0.385. The minimum atomic E-state index is -3.44. The number of rotatable bonds is 7. The van der Waals surface area contributed by atoms with Gasteiger partial charge in [0.1, 0.15) is 0 Å². The molecule has 0 aromatic heterocycles. The van der Waals surface area contributed by atoms with Crippen LogP contribution < -0.4 is 4.52 Å². The van der Waals surface area contributed by atoms with Gasteiger partial charge in [-0.25, -0.2) is 4.57 Å². The maximum absolute atomic E-state index is 12.2. The highest BCUT2D eigenvalue weighted by molar-refractivity contribution is 7.54. The number of nitro benzene ring substituents is 1. The van der Waals surface area contributed by atoms with Gasteiger partial charge in [0.15, 0.2) is 0 Å². The van der Waals surface area contributed by atoms with Crippen molar-refractivity contribution in [1.82, 2.24) is 0 Å². The van der Waals surface area contributed by atoms with Gasteiger partial charge in [-0.05, 0) is 13.0 Å². The van der Waals surface area contributed by atoms with E-state index >= 15 is 0 Å². The summed E-state index contributed by atoms with van der Waals surface area (Å²) < 4.78 is 22.4. The fourth-order valence-electron chi connectivity index (χ4n) is 1.27. The average Bonchev–Trinajstić information content (AvgIpc) is 2.29. The zero-order valence-corrected chi connectivity index (χ0v) is 11.4. The summed E-state index contributed by atoms with van der Waals surface area (Å²) in [5.41, 5.74) is -0.257. The van der Waals surface area contributed by atoms with Gasteiger partial charge in [-0.1, -0.05) is 12.1 Å². The molecule has 1 aromatic rings. The number of para-hydroxylation sites is 2. The Kier molecular flexibility index (Phi) is 5.59. The van der Waals surface area contributed by atoms with Crippen molar-refractivity contribution in [3.05, 3.63) is 34.4 Å². The van der Waals surface area contributed by atoms with E-state index in [1.807, 2.05) is 0 Å². The van der Waals surface area contributed by atoms with Crippen LogP contribution in [0.1, 0.15) is 6.92 Å². The summed E-state index contributed by atoms with van der Waals surface area (Å²) in [6.45, 7) is 1.83. The van der Waals surface area contributed by atoms with Crippen molar-refractivity contribution in [1.29, 1.82) is 0 Å². The number of benzene rings is 1. The molecule has 0 amide bonds. The Labute approximate surface area is 110 Å². The Morgan fingerprint density at radius 2 is 2.11 bits per heavy atom. The lowest BCUT2D eigenvalue weighted by Gasteiger charge is -2.17. The number of halogens is 1. The minimum Gasteiger partial charge on any atom is -0.417 e. The molecule has 6 nitrogen and oxygen atoms in total. The fourth-order valence-corrected chi connectivity index (χ4v) is 3.22. The number of nitro groups is 1. The molecule has 0 saturated heterocycles. The van der Waals surface area contributed by atoms with E-state index < -0.39 is 12.5 Å². The third-order valence-electron chi connectivity index (χ3n) is 1.98. The second-order valence-electron chi connectivity index (χ2n) is 3.26. The monoisotopic (exact) mass is 293 g/mol. The van der Waals surface area contributed by atoms with Crippen molar-refractivity contribution >= 4 is 24.9 Å². The molecule has 0 spiro atoms. The molecule has 0 fully saturated rings. The van der Waals surface area contributed by atoms with Crippen molar-refractivity contribution in [2.45, 2.75) is 6.92 Å². The first kappa shape index (κ1) is 15.0. The normalized spacial score (nSPS) is 13.9. The Bertz CT molecular complexity index is 457. The highest BCUT2D eigenvalue weighted by Gasteiger charge is 2.28. The number of alkyl halides is 1. The first-order valence-electron chi connectivity index (χ1n) is 5.25. The van der Waals surface area contributed by atoms with Gasteiger partial charge < -0.3 is 9.05 Å². The van der Waals surface area contributed by atoms with E-state index in [0.29, 0.717) is 0 Å². The average molecular weight is 294 g/mol. The van der Waals surface area contributed by atoms with Crippen LogP contribution in [0.5, 0.6) is 5.75 Å². The van der Waals surface area contributed by atoms with Gasteiger partial charge in [0, 0.05) is 11.9 Å². The standard InChI is InChI=1S/C10H13ClNO5P/c1-2-16-18(15,8-7-11)17-10-6-4-3-5-9(10)12(13)14/h3-6H,2,7-8H2,1H3. The molecule has 0 radical (unpaired) electrons. The summed E-state index contributed by atoms with van der Waals surface area (Å²) in [7, 11) is -3.44. The van der Waals surface area contributed by atoms with Crippen LogP contribution in [0.25, 0.3) is 0 Å². The topological polar surface area (TPSA) is 78.7 Å². The molecule has 100 valence electrons. The molecule has 0 aliphatic heterocycles. The van der Waals surface area contributed by atoms with Crippen LogP contribution in [-0.4, -0.2) is 23.6 Å². The lowest BCUT2D eigenvalue weighted by atomic mass is 10.3. The Hall–Kier alpha value is -1.10. The van der Waals surface area contributed by atoms with E-state index in [-0.39, 0.29) is 30.1 Å². The molecule has 8 heteroatoms. The van der Waals surface area contributed by atoms with Crippen LogP contribution in [0, 0.1) is 10.1 Å². The molecule has 0 N–H and O–H groups in total. The smallest absolute Gasteiger partial charge is 0.380 e. The van der Waals surface area contributed by atoms with Gasteiger partial charge in [0.25, 0.3) is 0 Å². The van der Waals surface area contributed by atoms with Crippen LogP contribution >= 0.6 is 19.2 Å². The van der Waals surface area contributed by atoms with Gasteiger partial charge in [-0.3, -0.25) is 10.1 Å². The molecule has 18 heavy (non-hydrogen) atoms. The summed E-state index contributed by atoms with van der Waals surface area (Å²) >= 11 is 5.52. The van der Waals surface area contributed by atoms with Gasteiger partial charge in [0.05, 0.1) is 17.7 Å². The zero-order valence-electron chi connectivity index (χ0n) is 9.74. The molecule has 0 aliphatic carbocycles. The van der Waals surface area contributed by atoms with Gasteiger partial charge in [-0.2, -0.15) is 0 Å². The molecule has 0 saturated carbocycles. The largest absolute Gasteiger partial charge is 0.417 e. The fraction of sp³-hybridized carbons (Fsp3) is 0.400. The highest BCUT2D eigenvalue weighted by atomic mass is 35.5. The molecule has 1 aromatic carbocycles. The van der Waals surface area contributed by atoms with E-state index in [1.54, 1.807) is 13.0 Å². The van der Waals surface area contributed by atoms with Crippen molar-refractivity contribution in [3.8, 4) is 5.75 Å². The molecule has 0 aliphatic rings. The van der Waals surface area contributed by atoms with Crippen molar-refractivity contribution in [2.75, 3.05) is 18.6 Å². The van der Waals surface area contributed by atoms with Crippen molar-refractivity contribution in [2.24, 2.45) is 0 Å². The van der Waals surface area contributed by atoms with E-state index in [0.717, 1.165) is 0 Å². The van der Waals surface area contributed by atoms with Crippen LogP contribution in [0.15, 0.2) is 24.3 Å². The van der Waals surface area contributed by atoms with E-state index in [2.05, 4.69) is 0 Å². The summed E-state index contributed by atoms with van der Waals surface area (Å²) in [5, 5.41) is 10.8. The highest BCUT2D eigenvalue weighted by Crippen LogP contribution is 2.50. The first-order valence-corrected chi connectivity index (χ1v) is 7.51. The zero-order chi connectivity index (χ0) is 13.6. The van der Waals surface area contributed by atoms with Crippen molar-refractivity contribution in [3.63, 3.8) is 0 Å². The molecular weight excluding hydrogens is 281 g/mol. The molecule has 0 heterocycles. The number of nitrogens with zero attached hydrogens (tertiary/aromatic N) is 1. The summed E-state index contributed by atoms with van der Waals surface area (Å²) in [4.78, 5) is 10.2. The predicted octanol–water partition coefficient (Wildman–Crippen LogP) is 3.44. The van der Waals surface area contributed by atoms with E-state index in [1.165, 1.54) is 18.2 Å². The predicted molar refractivity (Wildman–Crippen MR) is 68.5 cm³/mol. The molecule has 1 atom stereocenters. The Balaban J connectivity index is 3.01. The van der Waals surface area contributed by atoms with Crippen LogP contribution in [0.2, 0.25) is 0 Å².